The molecule has 0 aliphatic rings. The van der Waals surface area contributed by atoms with Gasteiger partial charge in [-0.3, -0.25) is 0 Å². The van der Waals surface area contributed by atoms with E-state index in [-0.39, 0.29) is 2.85 Å². The van der Waals surface area contributed by atoms with E-state index in [9.17, 15) is 0 Å². The summed E-state index contributed by atoms with van der Waals surface area (Å²) >= 11 is 0. The molecule has 0 saturated carbocycles. The number of aromatic nitrogens is 1. The molecule has 0 aliphatic carbocycles. The third kappa shape index (κ3) is 1.05. The van der Waals surface area contributed by atoms with E-state index in [1.54, 1.807) is 13.8 Å². The van der Waals surface area contributed by atoms with Gasteiger partial charge in [0.25, 0.3) is 0 Å². The minimum atomic E-state index is -1.48. The van der Waals surface area contributed by atoms with Gasteiger partial charge in [0, 0.05) is 8.32 Å². The molecular weight excluding hydrogens is 133 g/mol. The summed E-state index contributed by atoms with van der Waals surface area (Å²) in [5.74, 6) is 0.451. The van der Waals surface area contributed by atoms with Crippen LogP contribution in [0.15, 0.2) is 4.52 Å². The third-order valence-electron chi connectivity index (χ3n) is 1.35. The van der Waals surface area contributed by atoms with Crippen LogP contribution in [0.25, 0.3) is 0 Å². The molecule has 58 valence electrons. The Kier molecular flexibility index (Phi) is 1.78. The molecule has 0 aromatic carbocycles. The van der Waals surface area contributed by atoms with Gasteiger partial charge >= 0.3 is 7.12 Å². The topological polar surface area (TPSA) is 66.5 Å². The van der Waals surface area contributed by atoms with Crippen molar-refractivity contribution in [2.45, 2.75) is 13.8 Å². The van der Waals surface area contributed by atoms with Gasteiger partial charge in [0.2, 0.25) is 0 Å². The van der Waals surface area contributed by atoms with Crippen molar-refractivity contribution in [1.29, 1.82) is 0 Å². The maximum Gasteiger partial charge on any atom is 0.494 e. The van der Waals surface area contributed by atoms with E-state index >= 15 is 0 Å². The Morgan fingerprint density at radius 2 is 2.10 bits per heavy atom. The van der Waals surface area contributed by atoms with Crippen LogP contribution in [-0.2, 0) is 0 Å². The quantitative estimate of drug-likeness (QED) is 0.521. The predicted molar refractivity (Wildman–Crippen MR) is 40.0 cm³/mol. The third-order valence-corrected chi connectivity index (χ3v) is 1.35. The van der Waals surface area contributed by atoms with Crippen LogP contribution >= 0.6 is 0 Å². The van der Waals surface area contributed by atoms with E-state index in [4.69, 9.17) is 10.0 Å². The van der Waals surface area contributed by atoms with Crippen molar-refractivity contribution in [2.75, 3.05) is 0 Å². The maximum absolute atomic E-state index is 8.73. The number of hydrogen-bond acceptors (Lipinski definition) is 4. The highest BCUT2D eigenvalue weighted by atomic mass is 16.5. The molecule has 0 bridgehead atoms. The van der Waals surface area contributed by atoms with Gasteiger partial charge in [-0.15, -0.1) is 0 Å². The summed E-state index contributed by atoms with van der Waals surface area (Å²) in [7, 11) is -1.48. The number of aryl methyl sites for hydroxylation is 2. The molecule has 0 radical (unpaired) electrons. The average Bonchev–Trinajstić information content (AvgIpc) is 2.11. The highest BCUT2D eigenvalue weighted by Gasteiger charge is 2.20. The van der Waals surface area contributed by atoms with Crippen molar-refractivity contribution < 1.29 is 17.4 Å². The summed E-state index contributed by atoms with van der Waals surface area (Å²) in [6.07, 6.45) is 0. The van der Waals surface area contributed by atoms with E-state index in [0.29, 0.717) is 16.9 Å². The minimum absolute atomic E-state index is 0. The summed E-state index contributed by atoms with van der Waals surface area (Å²) in [5.41, 5.74) is 0.882. The highest BCUT2D eigenvalue weighted by molar-refractivity contribution is 6.59. The molecule has 5 heteroatoms. The van der Waals surface area contributed by atoms with Gasteiger partial charge < -0.3 is 14.6 Å². The van der Waals surface area contributed by atoms with Crippen LogP contribution in [0.3, 0.4) is 0 Å². The summed E-state index contributed by atoms with van der Waals surface area (Å²) in [6, 6.07) is 0. The van der Waals surface area contributed by atoms with Crippen LogP contribution in [0.5, 0.6) is 0 Å². The lowest BCUT2D eigenvalue weighted by Gasteiger charge is -1.93. The Morgan fingerprint density at radius 3 is 2.30 bits per heavy atom. The molecule has 0 amide bonds. The van der Waals surface area contributed by atoms with Crippen molar-refractivity contribution in [1.82, 2.24) is 5.16 Å². The van der Waals surface area contributed by atoms with Gasteiger partial charge in [-0.25, -0.2) is 0 Å². The van der Waals surface area contributed by atoms with E-state index < -0.39 is 7.12 Å². The Labute approximate surface area is 61.6 Å². The number of nitrogens with zero attached hydrogens (tertiary/aromatic N) is 1. The fraction of sp³-hybridized carbons (Fsp3) is 0.400. The summed E-state index contributed by atoms with van der Waals surface area (Å²) in [4.78, 5) is 0. The second-order valence-electron chi connectivity index (χ2n) is 2.11. The van der Waals surface area contributed by atoms with Gasteiger partial charge in [0.15, 0.2) is 0 Å². The molecule has 0 aliphatic heterocycles. The van der Waals surface area contributed by atoms with Crippen molar-refractivity contribution in [3.8, 4) is 0 Å². The molecule has 0 saturated heterocycles. The average molecular weight is 145 g/mol. The second kappa shape index (κ2) is 2.44. The molecule has 2 N–H and O–H groups in total. The SMILES string of the molecule is Cc1noc(C)c1B(O)O.[HH].[HH]. The van der Waals surface area contributed by atoms with E-state index in [1.807, 2.05) is 0 Å². The smallest absolute Gasteiger partial charge is 0.423 e. The standard InChI is InChI=1S/C5H8BNO3.2H2/c1-3-5(6(8)9)4(2)10-7-3;;/h8-9H,1-2H3;2*1H. The predicted octanol–water partition coefficient (Wildman–Crippen LogP) is -0.537. The molecular formula is C5H12BNO3. The van der Waals surface area contributed by atoms with Gasteiger partial charge in [-0.1, -0.05) is 5.16 Å². The van der Waals surface area contributed by atoms with Gasteiger partial charge in [-0.05, 0) is 13.8 Å². The van der Waals surface area contributed by atoms with Crippen LogP contribution in [0.4, 0.5) is 0 Å². The van der Waals surface area contributed by atoms with Crippen LogP contribution < -0.4 is 5.46 Å². The highest BCUT2D eigenvalue weighted by Crippen LogP contribution is 1.96. The van der Waals surface area contributed by atoms with Gasteiger partial charge in [0.05, 0.1) is 5.69 Å². The zero-order valence-corrected chi connectivity index (χ0v) is 5.83. The zero-order valence-electron chi connectivity index (χ0n) is 5.83. The molecule has 0 fully saturated rings. The first-order valence-corrected chi connectivity index (χ1v) is 2.92. The van der Waals surface area contributed by atoms with E-state index in [0.717, 1.165) is 0 Å². The fourth-order valence-electron chi connectivity index (χ4n) is 0.859. The van der Waals surface area contributed by atoms with Crippen molar-refractivity contribution in [2.24, 2.45) is 0 Å². The van der Waals surface area contributed by atoms with Crippen molar-refractivity contribution in [3.05, 3.63) is 11.5 Å². The molecule has 1 aromatic heterocycles. The molecule has 0 spiro atoms. The number of rotatable bonds is 1. The first-order chi connectivity index (χ1) is 4.63. The van der Waals surface area contributed by atoms with Crippen LogP contribution in [0.2, 0.25) is 0 Å². The second-order valence-corrected chi connectivity index (χ2v) is 2.11. The monoisotopic (exact) mass is 145 g/mol. The summed E-state index contributed by atoms with van der Waals surface area (Å²) in [6.45, 7) is 3.29. The van der Waals surface area contributed by atoms with E-state index in [1.165, 1.54) is 0 Å². The molecule has 0 unspecified atom stereocenters. The Balaban J connectivity index is 0. The molecule has 1 rings (SSSR count). The Bertz CT molecular complexity index is 221. The minimum Gasteiger partial charge on any atom is -0.423 e. The van der Waals surface area contributed by atoms with E-state index in [2.05, 4.69) is 9.68 Å². The first-order valence-electron chi connectivity index (χ1n) is 2.92. The lowest BCUT2D eigenvalue weighted by molar-refractivity contribution is 0.392. The van der Waals surface area contributed by atoms with Crippen molar-refractivity contribution >= 4 is 12.6 Å². The number of hydrogen-bond donors (Lipinski definition) is 2. The van der Waals surface area contributed by atoms with Crippen molar-refractivity contribution in [3.63, 3.8) is 0 Å². The first kappa shape index (κ1) is 7.30. The van der Waals surface area contributed by atoms with Crippen LogP contribution in [0, 0.1) is 13.8 Å². The Morgan fingerprint density at radius 1 is 1.50 bits per heavy atom. The normalized spacial score (nSPS) is 10.0. The lowest BCUT2D eigenvalue weighted by Crippen LogP contribution is -2.32. The maximum atomic E-state index is 8.73. The summed E-state index contributed by atoms with van der Waals surface area (Å²) in [5, 5.41) is 21.0. The van der Waals surface area contributed by atoms with Gasteiger partial charge in [-0.2, -0.15) is 0 Å². The fourth-order valence-corrected chi connectivity index (χ4v) is 0.859. The van der Waals surface area contributed by atoms with Crippen LogP contribution in [0.1, 0.15) is 14.3 Å². The van der Waals surface area contributed by atoms with Gasteiger partial charge in [0.1, 0.15) is 5.76 Å². The summed E-state index contributed by atoms with van der Waals surface area (Å²) < 4.78 is 4.69. The Hall–Kier alpha value is -0.805. The molecule has 4 nitrogen and oxygen atoms in total. The lowest BCUT2D eigenvalue weighted by atomic mass is 9.79. The molecule has 1 heterocycles. The molecule has 10 heavy (non-hydrogen) atoms. The van der Waals surface area contributed by atoms with Crippen LogP contribution in [-0.4, -0.2) is 22.3 Å². The largest absolute Gasteiger partial charge is 0.494 e. The molecule has 1 aromatic rings. The molecule has 0 atom stereocenters. The zero-order chi connectivity index (χ0) is 7.72.